The lowest BCUT2D eigenvalue weighted by atomic mass is 9.97. The molecule has 1 unspecified atom stereocenters. The molecule has 140 valence electrons. The number of benzene rings is 3. The Bertz CT molecular complexity index is 996. The van der Waals surface area contributed by atoms with Gasteiger partial charge in [-0.1, -0.05) is 61.5 Å². The third-order valence-corrected chi connectivity index (χ3v) is 5.12. The molecule has 0 fully saturated rings. The smallest absolute Gasteiger partial charge is 0.258 e. The van der Waals surface area contributed by atoms with E-state index in [0.717, 1.165) is 35.4 Å². The van der Waals surface area contributed by atoms with E-state index in [1.165, 1.54) is 5.56 Å². The molecule has 1 aliphatic rings. The second-order valence-corrected chi connectivity index (χ2v) is 6.85. The van der Waals surface area contributed by atoms with Crippen LogP contribution in [-0.4, -0.2) is 10.6 Å². The minimum Gasteiger partial charge on any atom is -0.258 e. The molecule has 0 spiro atoms. The van der Waals surface area contributed by atoms with Gasteiger partial charge < -0.3 is 0 Å². The summed E-state index contributed by atoms with van der Waals surface area (Å²) in [6.07, 6.45) is 1.76. The van der Waals surface area contributed by atoms with Crippen molar-refractivity contribution in [3.05, 3.63) is 106 Å². The highest BCUT2D eigenvalue weighted by Gasteiger charge is 2.30. The third kappa shape index (κ3) is 3.51. The van der Waals surface area contributed by atoms with Crippen LogP contribution in [0.15, 0.2) is 84.0 Å². The Hall–Kier alpha value is -3.47. The molecule has 3 aromatic rings. The van der Waals surface area contributed by atoms with Crippen molar-refractivity contribution in [2.75, 3.05) is 5.01 Å². The quantitative estimate of drug-likeness (QED) is 0.439. The number of nitrogens with zero attached hydrogens (tertiary/aromatic N) is 3. The molecule has 0 N–H and O–H groups in total. The topological polar surface area (TPSA) is 58.7 Å². The first-order chi connectivity index (χ1) is 13.7. The summed E-state index contributed by atoms with van der Waals surface area (Å²) in [6, 6.07) is 25.4. The number of non-ortho nitro benzene ring substituents is 1. The lowest BCUT2D eigenvalue weighted by molar-refractivity contribution is -0.384. The minimum atomic E-state index is -0.370. The minimum absolute atomic E-state index is 0.00376. The van der Waals surface area contributed by atoms with Gasteiger partial charge in [-0.3, -0.25) is 15.1 Å². The third-order valence-electron chi connectivity index (χ3n) is 5.12. The number of aryl methyl sites for hydroxylation is 1. The Balaban J connectivity index is 1.70. The van der Waals surface area contributed by atoms with Crippen LogP contribution >= 0.6 is 0 Å². The van der Waals surface area contributed by atoms with Crippen LogP contribution in [0, 0.1) is 10.1 Å². The number of nitro groups is 1. The standard InChI is InChI=1S/C23H21N3O2/c1-2-17-8-10-18(11-9-17)22-16-23(19-12-14-21(15-13-19)26(27)28)25(24-22)20-6-4-3-5-7-20/h3-15,23H,2,16H2,1H3. The van der Waals surface area contributed by atoms with E-state index in [-0.39, 0.29) is 16.7 Å². The van der Waals surface area contributed by atoms with Crippen molar-refractivity contribution in [1.82, 2.24) is 0 Å². The maximum Gasteiger partial charge on any atom is 0.269 e. The molecular weight excluding hydrogens is 350 g/mol. The summed E-state index contributed by atoms with van der Waals surface area (Å²) in [5.74, 6) is 0. The van der Waals surface area contributed by atoms with Gasteiger partial charge in [0.1, 0.15) is 0 Å². The molecule has 4 rings (SSSR count). The molecule has 3 aromatic carbocycles. The van der Waals surface area contributed by atoms with Gasteiger partial charge >= 0.3 is 0 Å². The Morgan fingerprint density at radius 1 is 1.00 bits per heavy atom. The average molecular weight is 371 g/mol. The Morgan fingerprint density at radius 2 is 1.68 bits per heavy atom. The van der Waals surface area contributed by atoms with Crippen molar-refractivity contribution < 1.29 is 4.92 Å². The van der Waals surface area contributed by atoms with Crippen molar-refractivity contribution in [1.29, 1.82) is 0 Å². The summed E-state index contributed by atoms with van der Waals surface area (Å²) in [5, 5.41) is 17.9. The van der Waals surface area contributed by atoms with Crippen molar-refractivity contribution in [3.8, 4) is 0 Å². The zero-order valence-electron chi connectivity index (χ0n) is 15.7. The first kappa shape index (κ1) is 17.9. The van der Waals surface area contributed by atoms with Crippen molar-refractivity contribution in [3.63, 3.8) is 0 Å². The van der Waals surface area contributed by atoms with E-state index < -0.39 is 0 Å². The van der Waals surface area contributed by atoms with Crippen LogP contribution in [0.4, 0.5) is 11.4 Å². The Kier molecular flexibility index (Phi) is 4.89. The first-order valence-electron chi connectivity index (χ1n) is 9.41. The number of hydrazone groups is 1. The first-order valence-corrected chi connectivity index (χ1v) is 9.41. The van der Waals surface area contributed by atoms with Gasteiger partial charge in [0.25, 0.3) is 5.69 Å². The van der Waals surface area contributed by atoms with Gasteiger partial charge in [0, 0.05) is 18.6 Å². The molecule has 1 aliphatic heterocycles. The summed E-state index contributed by atoms with van der Waals surface area (Å²) in [6.45, 7) is 2.14. The highest BCUT2D eigenvalue weighted by molar-refractivity contribution is 6.03. The van der Waals surface area contributed by atoms with Gasteiger partial charge in [0.15, 0.2) is 0 Å². The van der Waals surface area contributed by atoms with Gasteiger partial charge in [-0.2, -0.15) is 5.10 Å². The largest absolute Gasteiger partial charge is 0.269 e. The molecule has 0 aliphatic carbocycles. The fourth-order valence-electron chi connectivity index (χ4n) is 3.51. The number of para-hydroxylation sites is 1. The molecular formula is C23H21N3O2. The molecule has 0 amide bonds. The van der Waals surface area contributed by atoms with Gasteiger partial charge in [-0.05, 0) is 35.2 Å². The number of hydrogen-bond donors (Lipinski definition) is 0. The fraction of sp³-hybridized carbons (Fsp3) is 0.174. The predicted molar refractivity (Wildman–Crippen MR) is 112 cm³/mol. The molecule has 0 saturated heterocycles. The van der Waals surface area contributed by atoms with Crippen LogP contribution in [0.3, 0.4) is 0 Å². The second kappa shape index (κ2) is 7.64. The zero-order chi connectivity index (χ0) is 19.5. The molecule has 0 aromatic heterocycles. The highest BCUT2D eigenvalue weighted by Crippen LogP contribution is 2.37. The number of nitro benzene ring substituents is 1. The van der Waals surface area contributed by atoms with Crippen LogP contribution in [0.1, 0.15) is 36.1 Å². The SMILES string of the molecule is CCc1ccc(C2=NN(c3ccccc3)C(c3ccc([N+](=O)[O-])cc3)C2)cc1. The van der Waals surface area contributed by atoms with Crippen molar-refractivity contribution in [2.24, 2.45) is 5.10 Å². The van der Waals surface area contributed by atoms with E-state index in [1.807, 2.05) is 47.5 Å². The van der Waals surface area contributed by atoms with Gasteiger partial charge in [-0.25, -0.2) is 0 Å². The van der Waals surface area contributed by atoms with E-state index in [2.05, 4.69) is 31.2 Å². The molecule has 0 bridgehead atoms. The molecule has 28 heavy (non-hydrogen) atoms. The fourth-order valence-corrected chi connectivity index (χ4v) is 3.51. The lowest BCUT2D eigenvalue weighted by Crippen LogP contribution is -2.18. The van der Waals surface area contributed by atoms with E-state index in [4.69, 9.17) is 5.10 Å². The Morgan fingerprint density at radius 3 is 2.29 bits per heavy atom. The maximum absolute atomic E-state index is 11.0. The molecule has 5 nitrogen and oxygen atoms in total. The zero-order valence-corrected chi connectivity index (χ0v) is 15.7. The molecule has 0 radical (unpaired) electrons. The van der Waals surface area contributed by atoms with Gasteiger partial charge in [0.05, 0.1) is 22.4 Å². The highest BCUT2D eigenvalue weighted by atomic mass is 16.6. The van der Waals surface area contributed by atoms with Crippen LogP contribution in [0.25, 0.3) is 0 Å². The van der Waals surface area contributed by atoms with Crippen LogP contribution in [0.5, 0.6) is 0 Å². The Labute approximate surface area is 164 Å². The summed E-state index contributed by atoms with van der Waals surface area (Å²) in [4.78, 5) is 10.6. The summed E-state index contributed by atoms with van der Waals surface area (Å²) in [7, 11) is 0. The van der Waals surface area contributed by atoms with E-state index in [9.17, 15) is 10.1 Å². The molecule has 5 heteroatoms. The van der Waals surface area contributed by atoms with Crippen molar-refractivity contribution >= 4 is 17.1 Å². The predicted octanol–water partition coefficient (Wildman–Crippen LogP) is 5.51. The van der Waals surface area contributed by atoms with Crippen LogP contribution in [0.2, 0.25) is 0 Å². The molecule has 1 atom stereocenters. The van der Waals surface area contributed by atoms with E-state index in [0.29, 0.717) is 0 Å². The summed E-state index contributed by atoms with van der Waals surface area (Å²) < 4.78 is 0. The summed E-state index contributed by atoms with van der Waals surface area (Å²) >= 11 is 0. The molecule has 0 saturated carbocycles. The van der Waals surface area contributed by atoms with Crippen LogP contribution < -0.4 is 5.01 Å². The summed E-state index contributed by atoms with van der Waals surface area (Å²) in [5.41, 5.74) is 5.56. The second-order valence-electron chi connectivity index (χ2n) is 6.85. The van der Waals surface area contributed by atoms with Gasteiger partial charge in [0.2, 0.25) is 0 Å². The van der Waals surface area contributed by atoms with Crippen molar-refractivity contribution in [2.45, 2.75) is 25.8 Å². The number of hydrogen-bond acceptors (Lipinski definition) is 4. The van der Waals surface area contributed by atoms with E-state index >= 15 is 0 Å². The lowest BCUT2D eigenvalue weighted by Gasteiger charge is -2.23. The maximum atomic E-state index is 11.0. The normalized spacial score (nSPS) is 16.1. The van der Waals surface area contributed by atoms with E-state index in [1.54, 1.807) is 12.1 Å². The average Bonchev–Trinajstić information content (AvgIpc) is 3.20. The van der Waals surface area contributed by atoms with Gasteiger partial charge in [-0.15, -0.1) is 0 Å². The number of anilines is 1. The molecule has 1 heterocycles. The number of rotatable bonds is 5. The van der Waals surface area contributed by atoms with Crippen LogP contribution in [-0.2, 0) is 6.42 Å². The monoisotopic (exact) mass is 371 g/mol.